The molecule has 26 heavy (non-hydrogen) atoms. The number of nitrogens with one attached hydrogen (secondary N) is 1. The van der Waals surface area contributed by atoms with Gasteiger partial charge in [0.1, 0.15) is 5.75 Å². The fourth-order valence-corrected chi connectivity index (χ4v) is 3.73. The molecule has 0 bridgehead atoms. The molecule has 0 atom stereocenters. The second-order valence-electron chi connectivity index (χ2n) is 7.48. The van der Waals surface area contributed by atoms with Gasteiger partial charge in [0.15, 0.2) is 0 Å². The first-order chi connectivity index (χ1) is 12.6. The van der Waals surface area contributed by atoms with Gasteiger partial charge in [-0.05, 0) is 25.8 Å². The second kappa shape index (κ2) is 6.72. The van der Waals surface area contributed by atoms with E-state index >= 15 is 0 Å². The summed E-state index contributed by atoms with van der Waals surface area (Å²) in [5, 5.41) is 7.75. The van der Waals surface area contributed by atoms with E-state index in [9.17, 15) is 4.79 Å². The Labute approximate surface area is 153 Å². The summed E-state index contributed by atoms with van der Waals surface area (Å²) in [6, 6.07) is 4.07. The standard InChI is InChI=1S/C19H25N5O2/c1-19(12-20-13-19)18(25)23-7-4-15(5-8-23)24-11-14(10-22-24)17-9-16(26-2)3-6-21-17/h3,6,9-11,15,20H,4-5,7-8,12-13H2,1-2H3. The van der Waals surface area contributed by atoms with Crippen molar-refractivity contribution in [2.45, 2.75) is 25.8 Å². The molecule has 2 saturated heterocycles. The van der Waals surface area contributed by atoms with E-state index in [1.165, 1.54) is 0 Å². The Morgan fingerprint density at radius 1 is 1.35 bits per heavy atom. The fourth-order valence-electron chi connectivity index (χ4n) is 3.73. The normalized spacial score (nSPS) is 19.8. The van der Waals surface area contributed by atoms with Crippen LogP contribution in [-0.2, 0) is 4.79 Å². The molecule has 4 heterocycles. The summed E-state index contributed by atoms with van der Waals surface area (Å²) in [5.41, 5.74) is 1.63. The Morgan fingerprint density at radius 3 is 2.77 bits per heavy atom. The molecule has 1 N–H and O–H groups in total. The van der Waals surface area contributed by atoms with Crippen LogP contribution in [0.2, 0.25) is 0 Å². The lowest BCUT2D eigenvalue weighted by Crippen LogP contribution is -2.61. The van der Waals surface area contributed by atoms with Gasteiger partial charge in [-0.15, -0.1) is 0 Å². The van der Waals surface area contributed by atoms with E-state index in [0.717, 1.165) is 56.0 Å². The van der Waals surface area contributed by atoms with Gasteiger partial charge in [-0.25, -0.2) is 0 Å². The zero-order valence-corrected chi connectivity index (χ0v) is 15.3. The van der Waals surface area contributed by atoms with Gasteiger partial charge >= 0.3 is 0 Å². The van der Waals surface area contributed by atoms with Crippen molar-refractivity contribution in [3.05, 3.63) is 30.7 Å². The van der Waals surface area contributed by atoms with Crippen LogP contribution in [0, 0.1) is 5.41 Å². The van der Waals surface area contributed by atoms with E-state index in [4.69, 9.17) is 4.74 Å². The number of carbonyl (C=O) groups excluding carboxylic acids is 1. The summed E-state index contributed by atoms with van der Waals surface area (Å²) in [5.74, 6) is 1.07. The van der Waals surface area contributed by atoms with Gasteiger partial charge < -0.3 is 15.0 Å². The van der Waals surface area contributed by atoms with Crippen LogP contribution in [0.3, 0.4) is 0 Å². The molecule has 0 aliphatic carbocycles. The molecular weight excluding hydrogens is 330 g/mol. The number of rotatable bonds is 4. The van der Waals surface area contributed by atoms with Gasteiger partial charge in [-0.1, -0.05) is 0 Å². The van der Waals surface area contributed by atoms with Crippen LogP contribution in [0.5, 0.6) is 5.75 Å². The smallest absolute Gasteiger partial charge is 0.231 e. The zero-order chi connectivity index (χ0) is 18.1. The molecule has 2 aromatic heterocycles. The van der Waals surface area contributed by atoms with Crippen LogP contribution in [0.15, 0.2) is 30.7 Å². The van der Waals surface area contributed by atoms with Gasteiger partial charge in [0.2, 0.25) is 5.91 Å². The number of nitrogens with zero attached hydrogens (tertiary/aromatic N) is 4. The largest absolute Gasteiger partial charge is 0.497 e. The maximum absolute atomic E-state index is 12.6. The number of pyridine rings is 1. The van der Waals surface area contributed by atoms with Crippen LogP contribution in [0.1, 0.15) is 25.8 Å². The van der Waals surface area contributed by atoms with Gasteiger partial charge in [-0.3, -0.25) is 14.5 Å². The molecule has 2 fully saturated rings. The van der Waals surface area contributed by atoms with Gasteiger partial charge in [0, 0.05) is 50.2 Å². The summed E-state index contributed by atoms with van der Waals surface area (Å²) in [6.07, 6.45) is 7.50. The number of hydrogen-bond acceptors (Lipinski definition) is 5. The third-order valence-electron chi connectivity index (χ3n) is 5.54. The molecule has 0 spiro atoms. The number of hydrogen-bond donors (Lipinski definition) is 1. The van der Waals surface area contributed by atoms with Crippen molar-refractivity contribution in [2.24, 2.45) is 5.41 Å². The topological polar surface area (TPSA) is 72.3 Å². The minimum atomic E-state index is -0.205. The van der Waals surface area contributed by atoms with Crippen molar-refractivity contribution in [3.8, 4) is 17.0 Å². The first-order valence-electron chi connectivity index (χ1n) is 9.14. The first kappa shape index (κ1) is 17.0. The molecule has 1 amide bonds. The van der Waals surface area contributed by atoms with E-state index in [2.05, 4.69) is 22.3 Å². The number of methoxy groups -OCH3 is 1. The summed E-state index contributed by atoms with van der Waals surface area (Å²) < 4.78 is 7.28. The summed E-state index contributed by atoms with van der Waals surface area (Å²) in [6.45, 7) is 5.24. The van der Waals surface area contributed by atoms with Crippen molar-refractivity contribution >= 4 is 5.91 Å². The van der Waals surface area contributed by atoms with Crippen molar-refractivity contribution in [3.63, 3.8) is 0 Å². The summed E-state index contributed by atoms with van der Waals surface area (Å²) in [7, 11) is 1.65. The number of aromatic nitrogens is 3. The average Bonchev–Trinajstić information content (AvgIpc) is 3.16. The van der Waals surface area contributed by atoms with Crippen LogP contribution >= 0.6 is 0 Å². The van der Waals surface area contributed by atoms with E-state index in [1.807, 2.05) is 34.1 Å². The highest BCUT2D eigenvalue weighted by Gasteiger charge is 2.42. The number of amides is 1. The third kappa shape index (κ3) is 3.07. The minimum Gasteiger partial charge on any atom is -0.497 e. The van der Waals surface area contributed by atoms with Crippen molar-refractivity contribution in [2.75, 3.05) is 33.3 Å². The molecule has 0 saturated carbocycles. The predicted molar refractivity (Wildman–Crippen MR) is 97.8 cm³/mol. The minimum absolute atomic E-state index is 0.205. The molecular formula is C19H25N5O2. The van der Waals surface area contributed by atoms with E-state index in [-0.39, 0.29) is 11.3 Å². The van der Waals surface area contributed by atoms with Gasteiger partial charge in [0.25, 0.3) is 0 Å². The van der Waals surface area contributed by atoms with Crippen molar-refractivity contribution in [1.82, 2.24) is 25.0 Å². The monoisotopic (exact) mass is 355 g/mol. The summed E-state index contributed by atoms with van der Waals surface area (Å²) in [4.78, 5) is 19.1. The molecule has 7 nitrogen and oxygen atoms in total. The Balaban J connectivity index is 1.40. The van der Waals surface area contributed by atoms with Crippen LogP contribution < -0.4 is 10.1 Å². The van der Waals surface area contributed by atoms with Gasteiger partial charge in [-0.2, -0.15) is 5.10 Å². The molecule has 2 aliphatic rings. The Morgan fingerprint density at radius 2 is 2.12 bits per heavy atom. The quantitative estimate of drug-likeness (QED) is 0.904. The SMILES string of the molecule is COc1ccnc(-c2cnn(C3CCN(C(=O)C4(C)CNC4)CC3)c2)c1. The van der Waals surface area contributed by atoms with Crippen LogP contribution in [0.25, 0.3) is 11.3 Å². The Kier molecular flexibility index (Phi) is 4.40. The second-order valence-corrected chi connectivity index (χ2v) is 7.48. The predicted octanol–water partition coefficient (Wildman–Crippen LogP) is 1.73. The molecule has 138 valence electrons. The lowest BCUT2D eigenvalue weighted by molar-refractivity contribution is -0.145. The molecule has 0 radical (unpaired) electrons. The summed E-state index contributed by atoms with van der Waals surface area (Å²) >= 11 is 0. The van der Waals surface area contributed by atoms with Crippen molar-refractivity contribution in [1.29, 1.82) is 0 Å². The molecule has 0 aromatic carbocycles. The Hall–Kier alpha value is -2.41. The van der Waals surface area contributed by atoms with Crippen LogP contribution in [-0.4, -0.2) is 58.9 Å². The molecule has 0 unspecified atom stereocenters. The first-order valence-corrected chi connectivity index (χ1v) is 9.14. The molecule has 2 aromatic rings. The number of piperidine rings is 1. The highest BCUT2D eigenvalue weighted by Crippen LogP contribution is 2.30. The fraction of sp³-hybridized carbons (Fsp3) is 0.526. The molecule has 7 heteroatoms. The van der Waals surface area contributed by atoms with Gasteiger partial charge in [0.05, 0.1) is 30.5 Å². The number of carbonyl (C=O) groups is 1. The zero-order valence-electron chi connectivity index (χ0n) is 15.3. The van der Waals surface area contributed by atoms with E-state index < -0.39 is 0 Å². The maximum Gasteiger partial charge on any atom is 0.231 e. The van der Waals surface area contributed by atoms with Crippen molar-refractivity contribution < 1.29 is 9.53 Å². The third-order valence-corrected chi connectivity index (χ3v) is 5.54. The lowest BCUT2D eigenvalue weighted by Gasteiger charge is -2.43. The molecule has 2 aliphatic heterocycles. The molecule has 4 rings (SSSR count). The maximum atomic E-state index is 12.6. The highest BCUT2D eigenvalue weighted by atomic mass is 16.5. The number of likely N-dealkylation sites (tertiary alicyclic amines) is 1. The Bertz CT molecular complexity index is 791. The highest BCUT2D eigenvalue weighted by molar-refractivity contribution is 5.84. The average molecular weight is 355 g/mol. The number of ether oxygens (including phenoxy) is 1. The van der Waals surface area contributed by atoms with E-state index in [0.29, 0.717) is 6.04 Å². The van der Waals surface area contributed by atoms with Crippen LogP contribution in [0.4, 0.5) is 0 Å². The lowest BCUT2D eigenvalue weighted by atomic mass is 9.82. The van der Waals surface area contributed by atoms with E-state index in [1.54, 1.807) is 13.3 Å².